The van der Waals surface area contributed by atoms with Crippen molar-refractivity contribution < 1.29 is 23.1 Å². The van der Waals surface area contributed by atoms with Crippen LogP contribution in [0, 0.1) is 28.6 Å². The first-order valence-electron chi connectivity index (χ1n) is 7.87. The lowest BCUT2D eigenvalue weighted by Crippen LogP contribution is -2.87. The topological polar surface area (TPSA) is 62.2 Å². The van der Waals surface area contributed by atoms with Crippen LogP contribution in [0.1, 0.15) is 31.2 Å². The molecular weight excluding hydrogens is 309 g/mol. The van der Waals surface area contributed by atoms with Crippen LogP contribution in [-0.4, -0.2) is 16.0 Å². The quantitative estimate of drug-likeness (QED) is 0.878. The molecule has 4 aliphatic rings. The van der Waals surface area contributed by atoms with Gasteiger partial charge in [0.25, 0.3) is 0 Å². The Morgan fingerprint density at radius 1 is 1.26 bits per heavy atom. The van der Waals surface area contributed by atoms with Gasteiger partial charge in [0.1, 0.15) is 5.69 Å². The lowest BCUT2D eigenvalue weighted by atomic mass is 9.13. The molecular formula is C16H15F3N2O2. The van der Waals surface area contributed by atoms with Gasteiger partial charge in [-0.1, -0.05) is 0 Å². The predicted octanol–water partition coefficient (Wildman–Crippen LogP) is 3.18. The summed E-state index contributed by atoms with van der Waals surface area (Å²) in [6, 6.07) is 0.750. The predicted molar refractivity (Wildman–Crippen MR) is 73.3 cm³/mol. The molecule has 4 aliphatic carbocycles. The van der Waals surface area contributed by atoms with Crippen LogP contribution in [0.3, 0.4) is 0 Å². The molecule has 1 heterocycles. The maximum absolute atomic E-state index is 12.8. The molecule has 0 bridgehead atoms. The number of aromatic hydroxyl groups is 1. The molecule has 0 radical (unpaired) electrons. The highest BCUT2D eigenvalue weighted by atomic mass is 19.4. The second-order valence-electron chi connectivity index (χ2n) is 7.53. The number of nitrogens with one attached hydrogen (secondary N) is 1. The molecule has 5 rings (SSSR count). The van der Waals surface area contributed by atoms with Gasteiger partial charge in [0.15, 0.2) is 0 Å². The van der Waals surface area contributed by atoms with Crippen molar-refractivity contribution in [2.45, 2.75) is 31.9 Å². The summed E-state index contributed by atoms with van der Waals surface area (Å²) in [5, 5.41) is 12.2. The number of carbonyl (C=O) groups excluding carboxylic acids is 1. The molecule has 0 aromatic carbocycles. The molecule has 2 atom stereocenters. The lowest BCUT2D eigenvalue weighted by molar-refractivity contribution is -0.412. The van der Waals surface area contributed by atoms with E-state index in [4.69, 9.17) is 0 Å². The van der Waals surface area contributed by atoms with Gasteiger partial charge in [-0.3, -0.25) is 4.79 Å². The summed E-state index contributed by atoms with van der Waals surface area (Å²) >= 11 is 0. The highest BCUT2D eigenvalue weighted by Crippen LogP contribution is 2.92. The number of hydrogen-bond donors (Lipinski definition) is 2. The van der Waals surface area contributed by atoms with E-state index in [1.165, 1.54) is 12.8 Å². The minimum atomic E-state index is -4.56. The molecule has 1 amide bonds. The fraction of sp³-hybridized carbons (Fsp3) is 0.625. The van der Waals surface area contributed by atoms with Gasteiger partial charge >= 0.3 is 6.18 Å². The van der Waals surface area contributed by atoms with E-state index in [9.17, 15) is 23.1 Å². The van der Waals surface area contributed by atoms with E-state index in [1.54, 1.807) is 0 Å². The average Bonchev–Trinajstić information content (AvgIpc) is 2.36. The number of amides is 1. The minimum absolute atomic E-state index is 0.141. The second kappa shape index (κ2) is 3.65. The standard InChI is InChI=1S/C16H15F3N2O2/c17-16(18,19)10-3-11(12(22)20-6-10)21-13(23)14-4-8-1-7-2-9(5-14)15(7,8)14/h3,6-9H,1-2,4-5H2,(H,20,22)(H,21,23). The molecule has 4 saturated carbocycles. The van der Waals surface area contributed by atoms with Crippen molar-refractivity contribution in [1.82, 2.24) is 4.98 Å². The Morgan fingerprint density at radius 3 is 2.43 bits per heavy atom. The number of hydrogen-bond acceptors (Lipinski definition) is 3. The summed E-state index contributed by atoms with van der Waals surface area (Å²) in [5.41, 5.74) is -1.51. The van der Waals surface area contributed by atoms with Crippen molar-refractivity contribution in [2.24, 2.45) is 28.6 Å². The smallest absolute Gasteiger partial charge is 0.417 e. The van der Waals surface area contributed by atoms with E-state index >= 15 is 0 Å². The van der Waals surface area contributed by atoms with E-state index in [-0.39, 0.29) is 17.0 Å². The van der Waals surface area contributed by atoms with E-state index in [0.717, 1.165) is 18.9 Å². The fourth-order valence-electron chi connectivity index (χ4n) is 6.26. The van der Waals surface area contributed by atoms with Crippen LogP contribution in [0.15, 0.2) is 12.3 Å². The van der Waals surface area contributed by atoms with E-state index < -0.39 is 23.0 Å². The maximum Gasteiger partial charge on any atom is 0.417 e. The summed E-state index contributed by atoms with van der Waals surface area (Å²) < 4.78 is 38.3. The number of aromatic nitrogens is 1. The van der Waals surface area contributed by atoms with Gasteiger partial charge in [-0.15, -0.1) is 0 Å². The highest BCUT2D eigenvalue weighted by molar-refractivity contribution is 5.99. The van der Waals surface area contributed by atoms with Crippen LogP contribution in [0.5, 0.6) is 5.88 Å². The number of halogens is 3. The summed E-state index contributed by atoms with van der Waals surface area (Å²) in [7, 11) is 0. The third kappa shape index (κ3) is 1.29. The summed E-state index contributed by atoms with van der Waals surface area (Å²) in [6.07, 6.45) is 0.0592. The van der Waals surface area contributed by atoms with E-state index in [2.05, 4.69) is 10.3 Å². The minimum Gasteiger partial charge on any atom is -0.492 e. The normalized spacial score (nSPS) is 42.1. The van der Waals surface area contributed by atoms with Gasteiger partial charge in [0.05, 0.1) is 11.0 Å². The molecule has 0 saturated heterocycles. The first-order valence-corrected chi connectivity index (χ1v) is 7.87. The molecule has 7 heteroatoms. The molecule has 4 nitrogen and oxygen atoms in total. The molecule has 4 fully saturated rings. The van der Waals surface area contributed by atoms with Crippen LogP contribution in [-0.2, 0) is 11.0 Å². The van der Waals surface area contributed by atoms with Crippen molar-refractivity contribution in [2.75, 3.05) is 5.32 Å². The van der Waals surface area contributed by atoms with E-state index in [0.29, 0.717) is 24.0 Å². The van der Waals surface area contributed by atoms with Gasteiger partial charge in [-0.2, -0.15) is 13.2 Å². The van der Waals surface area contributed by atoms with Crippen molar-refractivity contribution in [1.29, 1.82) is 0 Å². The van der Waals surface area contributed by atoms with Crippen LogP contribution >= 0.6 is 0 Å². The molecule has 2 N–H and O–H groups in total. The summed E-state index contributed by atoms with van der Waals surface area (Å²) in [6.45, 7) is 0. The zero-order chi connectivity index (χ0) is 16.2. The van der Waals surface area contributed by atoms with Gasteiger partial charge < -0.3 is 10.4 Å². The lowest BCUT2D eigenvalue weighted by Gasteiger charge is -2.90. The number of nitrogens with zero attached hydrogens (tertiary/aromatic N) is 1. The number of carbonyl (C=O) groups is 1. The molecule has 0 aliphatic heterocycles. The molecule has 1 aromatic rings. The Hall–Kier alpha value is -1.79. The van der Waals surface area contributed by atoms with Crippen molar-refractivity contribution >= 4 is 11.6 Å². The van der Waals surface area contributed by atoms with Gasteiger partial charge in [0.2, 0.25) is 11.8 Å². The first-order chi connectivity index (χ1) is 10.8. The zero-order valence-corrected chi connectivity index (χ0v) is 12.2. The van der Waals surface area contributed by atoms with Crippen LogP contribution in [0.2, 0.25) is 0 Å². The summed E-state index contributed by atoms with van der Waals surface area (Å²) in [4.78, 5) is 16.1. The third-order valence-corrected chi connectivity index (χ3v) is 7.06. The maximum atomic E-state index is 12.8. The Balaban J connectivity index is 1.42. The zero-order valence-electron chi connectivity index (χ0n) is 12.2. The number of pyridine rings is 1. The van der Waals surface area contributed by atoms with Crippen LogP contribution in [0.25, 0.3) is 0 Å². The van der Waals surface area contributed by atoms with Crippen molar-refractivity contribution in [3.05, 3.63) is 17.8 Å². The Labute approximate surface area is 130 Å². The Morgan fingerprint density at radius 2 is 1.91 bits per heavy atom. The third-order valence-electron chi connectivity index (χ3n) is 7.06. The molecule has 1 aromatic heterocycles. The molecule has 23 heavy (non-hydrogen) atoms. The van der Waals surface area contributed by atoms with Crippen molar-refractivity contribution in [3.63, 3.8) is 0 Å². The average molecular weight is 324 g/mol. The Kier molecular flexibility index (Phi) is 2.16. The SMILES string of the molecule is O=C(Nc1cc(C(F)(F)F)cnc1O)C12CC3CC4CC(C1)C432. The second-order valence-corrected chi connectivity index (χ2v) is 7.53. The Bertz CT molecular complexity index is 720. The van der Waals surface area contributed by atoms with Crippen LogP contribution < -0.4 is 5.32 Å². The molecule has 1 spiro atoms. The fourth-order valence-corrected chi connectivity index (χ4v) is 6.26. The molecule has 122 valence electrons. The van der Waals surface area contributed by atoms with Gasteiger partial charge in [-0.25, -0.2) is 4.98 Å². The van der Waals surface area contributed by atoms with Gasteiger partial charge in [-0.05, 0) is 54.9 Å². The van der Waals surface area contributed by atoms with Gasteiger partial charge in [0, 0.05) is 6.20 Å². The summed E-state index contributed by atoms with van der Waals surface area (Å²) in [5.74, 6) is 1.05. The van der Waals surface area contributed by atoms with Crippen LogP contribution in [0.4, 0.5) is 18.9 Å². The van der Waals surface area contributed by atoms with E-state index in [1.807, 2.05) is 0 Å². The largest absolute Gasteiger partial charge is 0.492 e. The monoisotopic (exact) mass is 324 g/mol. The van der Waals surface area contributed by atoms with Crippen molar-refractivity contribution in [3.8, 4) is 5.88 Å². The highest BCUT2D eigenvalue weighted by Gasteiger charge is 2.89. The number of rotatable bonds is 2. The molecule has 2 unspecified atom stereocenters. The first kappa shape index (κ1) is 13.6. The number of alkyl halides is 3. The number of anilines is 1.